The topological polar surface area (TPSA) is 82.1 Å². The number of aromatic hydroxyl groups is 1. The first-order valence-corrected chi connectivity index (χ1v) is 14.5. The zero-order valence-corrected chi connectivity index (χ0v) is 24.9. The van der Waals surface area contributed by atoms with E-state index in [0.29, 0.717) is 17.9 Å². The first-order valence-electron chi connectivity index (χ1n) is 13.1. The van der Waals surface area contributed by atoms with Crippen LogP contribution in [0.2, 0.25) is 0 Å². The van der Waals surface area contributed by atoms with Crippen molar-refractivity contribution in [3.05, 3.63) is 94.0 Å². The van der Waals surface area contributed by atoms with Crippen molar-refractivity contribution in [3.63, 3.8) is 0 Å². The van der Waals surface area contributed by atoms with Crippen molar-refractivity contribution in [2.75, 3.05) is 13.1 Å². The number of aryl methyl sites for hydroxylation is 2. The summed E-state index contributed by atoms with van der Waals surface area (Å²) in [6.07, 6.45) is 1.37. The van der Waals surface area contributed by atoms with E-state index >= 15 is 0 Å². The van der Waals surface area contributed by atoms with Crippen LogP contribution in [-0.4, -0.2) is 29.6 Å². The molecule has 0 saturated heterocycles. The molecule has 0 aliphatic heterocycles. The van der Waals surface area contributed by atoms with Gasteiger partial charge in [0.15, 0.2) is 6.79 Å². The molecular formula is C32H40O6P+. The Morgan fingerprint density at radius 3 is 2.13 bits per heavy atom. The third-order valence-corrected chi connectivity index (χ3v) is 8.29. The Labute approximate surface area is 233 Å². The summed E-state index contributed by atoms with van der Waals surface area (Å²) in [7, 11) is -1.91. The summed E-state index contributed by atoms with van der Waals surface area (Å²) in [4.78, 5) is 11.9. The minimum absolute atomic E-state index is 0.0193. The Morgan fingerprint density at radius 1 is 0.872 bits per heavy atom. The molecular weight excluding hydrogens is 511 g/mol. The van der Waals surface area contributed by atoms with Gasteiger partial charge in [0.25, 0.3) is 11.7 Å². The van der Waals surface area contributed by atoms with E-state index in [0.717, 1.165) is 34.2 Å². The zero-order chi connectivity index (χ0) is 28.8. The lowest BCUT2D eigenvalue weighted by molar-refractivity contribution is -0.171. The summed E-state index contributed by atoms with van der Waals surface area (Å²) in [5.41, 5.74) is 5.87. The maximum absolute atomic E-state index is 12.9. The van der Waals surface area contributed by atoms with Crippen molar-refractivity contribution in [1.29, 1.82) is 0 Å². The molecule has 3 aromatic carbocycles. The normalized spacial score (nSPS) is 12.2. The Bertz CT molecular complexity index is 1280. The van der Waals surface area contributed by atoms with E-state index in [2.05, 4.69) is 18.2 Å². The van der Waals surface area contributed by atoms with Gasteiger partial charge in [0.1, 0.15) is 11.5 Å². The van der Waals surface area contributed by atoms with Gasteiger partial charge in [-0.2, -0.15) is 0 Å². The number of rotatable bonds is 11. The summed E-state index contributed by atoms with van der Waals surface area (Å²) < 4.78 is 29.6. The van der Waals surface area contributed by atoms with Crippen LogP contribution < -0.4 is 4.74 Å². The highest BCUT2D eigenvalue weighted by Gasteiger charge is 2.42. The summed E-state index contributed by atoms with van der Waals surface area (Å²) in [5.74, 6) is 0.561. The molecule has 6 nitrogen and oxygen atoms in total. The number of phenols is 1. The predicted molar refractivity (Wildman–Crippen MR) is 155 cm³/mol. The van der Waals surface area contributed by atoms with E-state index in [1.807, 2.05) is 50.2 Å². The summed E-state index contributed by atoms with van der Waals surface area (Å²) in [6.45, 7) is 12.5. The third-order valence-electron chi connectivity index (χ3n) is 6.60. The van der Waals surface area contributed by atoms with E-state index in [1.54, 1.807) is 40.7 Å². The van der Waals surface area contributed by atoms with Crippen molar-refractivity contribution < 1.29 is 28.7 Å². The van der Waals surface area contributed by atoms with Crippen LogP contribution in [0, 0.1) is 19.3 Å². The fraction of sp³-hybridized carbons (Fsp3) is 0.406. The molecule has 7 heteroatoms. The quantitative estimate of drug-likeness (QED) is 0.150. The van der Waals surface area contributed by atoms with E-state index in [-0.39, 0.29) is 19.1 Å². The molecule has 1 N–H and O–H groups in total. The smallest absolute Gasteiger partial charge is 0.413 e. The molecule has 0 amide bonds. The Morgan fingerprint density at radius 2 is 1.51 bits per heavy atom. The van der Waals surface area contributed by atoms with Gasteiger partial charge >= 0.3 is 13.8 Å². The molecule has 39 heavy (non-hydrogen) atoms. The van der Waals surface area contributed by atoms with E-state index in [1.165, 1.54) is 5.56 Å². The van der Waals surface area contributed by atoms with Gasteiger partial charge in [-0.1, -0.05) is 47.0 Å². The molecule has 1 unspecified atom stereocenters. The summed E-state index contributed by atoms with van der Waals surface area (Å²) in [5, 5.41) is 9.38. The number of carbonyl (C=O) groups is 1. The molecule has 0 radical (unpaired) electrons. The Balaban J connectivity index is 1.62. The van der Waals surface area contributed by atoms with Gasteiger partial charge in [0.2, 0.25) is 0 Å². The van der Waals surface area contributed by atoms with Crippen molar-refractivity contribution in [1.82, 2.24) is 0 Å². The van der Waals surface area contributed by atoms with Crippen LogP contribution in [-0.2, 0) is 31.7 Å². The average molecular weight is 552 g/mol. The van der Waals surface area contributed by atoms with Crippen molar-refractivity contribution in [2.24, 2.45) is 5.41 Å². The molecule has 3 rings (SSSR count). The molecule has 0 saturated carbocycles. The molecule has 208 valence electrons. The van der Waals surface area contributed by atoms with E-state index in [4.69, 9.17) is 14.2 Å². The number of hydrogen-bond acceptors (Lipinski definition) is 6. The lowest BCUT2D eigenvalue weighted by atomic mass is 9.93. The SMILES string of the molecule is Cc1cc(OC[P+](=O)C(C)(C)OCOC(=O)C(C)(C)C)cc(C)c1Cc1ccc(O)c(Cc2ccccc2)c1. The second kappa shape index (κ2) is 12.8. The lowest BCUT2D eigenvalue weighted by Crippen LogP contribution is -2.28. The first kappa shape index (κ1) is 30.3. The van der Waals surface area contributed by atoms with Crippen LogP contribution in [0.5, 0.6) is 11.5 Å². The number of carbonyl (C=O) groups excluding carboxylic acids is 1. The van der Waals surface area contributed by atoms with Gasteiger partial charge in [-0.25, -0.2) is 0 Å². The number of benzene rings is 3. The summed E-state index contributed by atoms with van der Waals surface area (Å²) >= 11 is 0. The number of hydrogen-bond donors (Lipinski definition) is 1. The van der Waals surface area contributed by atoms with Crippen LogP contribution >= 0.6 is 7.80 Å². The van der Waals surface area contributed by atoms with Gasteiger partial charge in [-0.3, -0.25) is 9.53 Å². The number of ether oxygens (including phenoxy) is 3. The molecule has 0 spiro atoms. The highest BCUT2D eigenvalue weighted by Crippen LogP contribution is 2.40. The molecule has 0 aliphatic carbocycles. The molecule has 0 fully saturated rings. The van der Waals surface area contributed by atoms with E-state index < -0.39 is 18.6 Å². The third kappa shape index (κ3) is 8.64. The Hall–Kier alpha value is -3.21. The number of esters is 1. The molecule has 3 aromatic rings. The summed E-state index contributed by atoms with van der Waals surface area (Å²) in [6, 6.07) is 19.8. The molecule has 0 aromatic heterocycles. The van der Waals surface area contributed by atoms with Crippen molar-refractivity contribution in [2.45, 2.75) is 66.6 Å². The van der Waals surface area contributed by atoms with Gasteiger partial charge in [0, 0.05) is 20.3 Å². The van der Waals surface area contributed by atoms with Gasteiger partial charge in [-0.15, -0.1) is 0 Å². The van der Waals surface area contributed by atoms with Crippen LogP contribution in [0.1, 0.15) is 68.0 Å². The van der Waals surface area contributed by atoms with Crippen LogP contribution in [0.4, 0.5) is 0 Å². The highest BCUT2D eigenvalue weighted by molar-refractivity contribution is 7.46. The van der Waals surface area contributed by atoms with Crippen LogP contribution in [0.3, 0.4) is 0 Å². The van der Waals surface area contributed by atoms with E-state index in [9.17, 15) is 14.5 Å². The predicted octanol–water partition coefficient (Wildman–Crippen LogP) is 7.65. The molecule has 0 aliphatic rings. The van der Waals surface area contributed by atoms with Gasteiger partial charge in [-0.05, 0) is 92.6 Å². The lowest BCUT2D eigenvalue weighted by Gasteiger charge is -2.19. The average Bonchev–Trinajstić information content (AvgIpc) is 2.86. The fourth-order valence-corrected chi connectivity index (χ4v) is 4.80. The Kier molecular flexibility index (Phi) is 9.93. The maximum atomic E-state index is 12.9. The minimum Gasteiger partial charge on any atom is -0.508 e. The van der Waals surface area contributed by atoms with Crippen LogP contribution in [0.25, 0.3) is 0 Å². The van der Waals surface area contributed by atoms with Crippen molar-refractivity contribution in [3.8, 4) is 11.5 Å². The first-order chi connectivity index (χ1) is 18.3. The second-order valence-corrected chi connectivity index (χ2v) is 13.5. The monoisotopic (exact) mass is 551 g/mol. The minimum atomic E-state index is -1.91. The highest BCUT2D eigenvalue weighted by atomic mass is 31.1. The van der Waals surface area contributed by atoms with Gasteiger partial charge < -0.3 is 14.6 Å². The zero-order valence-electron chi connectivity index (χ0n) is 24.0. The maximum Gasteiger partial charge on any atom is 0.413 e. The largest absolute Gasteiger partial charge is 0.508 e. The second-order valence-electron chi connectivity index (χ2n) is 11.4. The number of phenolic OH excluding ortho intramolecular Hbond substituents is 1. The molecule has 1 atom stereocenters. The van der Waals surface area contributed by atoms with Crippen LogP contribution in [0.15, 0.2) is 60.7 Å². The van der Waals surface area contributed by atoms with Crippen molar-refractivity contribution >= 4 is 13.8 Å². The standard InChI is InChI=1S/C32H39O6P/c1-22-15-27(37-21-39(35)32(6,7)38-20-36-30(34)31(3,4)5)16-23(2)28(22)19-25-13-14-29(33)26(18-25)17-24-11-9-8-10-12-24/h8-16,18H,17,19-21H2,1-7H3/p+1. The fourth-order valence-electron chi connectivity index (χ4n) is 4.03. The van der Waals surface area contributed by atoms with Gasteiger partial charge in [0.05, 0.1) is 5.41 Å². The molecule has 0 heterocycles. The molecule has 0 bridgehead atoms.